The summed E-state index contributed by atoms with van der Waals surface area (Å²) in [6.45, 7) is 6.41. The number of nitrogens with zero attached hydrogens (tertiary/aromatic N) is 3. The molecule has 29 heavy (non-hydrogen) atoms. The number of imidazole rings is 1. The monoisotopic (exact) mass is 387 g/mol. The third kappa shape index (κ3) is 3.27. The Morgan fingerprint density at radius 1 is 0.966 bits per heavy atom. The molecule has 0 spiro atoms. The van der Waals surface area contributed by atoms with Gasteiger partial charge in [-0.2, -0.15) is 5.26 Å². The van der Waals surface area contributed by atoms with Gasteiger partial charge in [-0.3, -0.25) is 4.57 Å². The summed E-state index contributed by atoms with van der Waals surface area (Å²) in [7, 11) is 0. The molecule has 1 aromatic heterocycles. The van der Waals surface area contributed by atoms with Crippen LogP contribution in [0.4, 0.5) is 8.78 Å². The average molecular weight is 387 g/mol. The first-order chi connectivity index (χ1) is 13.8. The molecule has 0 amide bonds. The lowest BCUT2D eigenvalue weighted by Gasteiger charge is -2.18. The first-order valence-corrected chi connectivity index (χ1v) is 9.26. The van der Waals surface area contributed by atoms with E-state index in [1.165, 1.54) is 29.8 Å². The van der Waals surface area contributed by atoms with Crippen molar-refractivity contribution >= 4 is 11.0 Å². The Morgan fingerprint density at radius 3 is 2.48 bits per heavy atom. The van der Waals surface area contributed by atoms with Crippen LogP contribution >= 0.6 is 0 Å². The molecule has 4 aromatic rings. The molecule has 0 saturated heterocycles. The maximum absolute atomic E-state index is 14.6. The highest BCUT2D eigenvalue weighted by atomic mass is 19.1. The van der Waals surface area contributed by atoms with E-state index >= 15 is 0 Å². The van der Waals surface area contributed by atoms with E-state index < -0.39 is 11.6 Å². The number of hydrogen-bond donors (Lipinski definition) is 0. The zero-order valence-corrected chi connectivity index (χ0v) is 16.4. The van der Waals surface area contributed by atoms with E-state index in [9.17, 15) is 14.0 Å². The lowest BCUT2D eigenvalue weighted by Crippen LogP contribution is -2.10. The van der Waals surface area contributed by atoms with E-state index in [0.29, 0.717) is 5.69 Å². The second-order valence-electron chi connectivity index (χ2n) is 8.01. The van der Waals surface area contributed by atoms with Crippen LogP contribution in [0.2, 0.25) is 0 Å². The van der Waals surface area contributed by atoms with E-state index in [4.69, 9.17) is 0 Å². The number of rotatable bonds is 2. The molecule has 144 valence electrons. The smallest absolute Gasteiger partial charge is 0.132 e. The van der Waals surface area contributed by atoms with Crippen molar-refractivity contribution in [1.82, 2.24) is 9.55 Å². The number of benzene rings is 3. The molecule has 0 aliphatic heterocycles. The van der Waals surface area contributed by atoms with Gasteiger partial charge in [0.25, 0.3) is 0 Å². The van der Waals surface area contributed by atoms with Crippen LogP contribution in [-0.2, 0) is 5.41 Å². The number of hydrogen-bond acceptors (Lipinski definition) is 2. The summed E-state index contributed by atoms with van der Waals surface area (Å²) in [5.74, 6) is -1.22. The topological polar surface area (TPSA) is 41.6 Å². The molecule has 0 N–H and O–H groups in total. The lowest BCUT2D eigenvalue weighted by atomic mass is 9.87. The van der Waals surface area contributed by atoms with Crippen LogP contribution in [0.1, 0.15) is 31.9 Å². The van der Waals surface area contributed by atoms with Gasteiger partial charge in [0.05, 0.1) is 22.7 Å². The zero-order chi connectivity index (χ0) is 20.8. The fraction of sp³-hybridized carbons (Fsp3) is 0.167. The molecule has 0 aliphatic carbocycles. The number of aromatic nitrogens is 2. The van der Waals surface area contributed by atoms with Crippen LogP contribution in [0.25, 0.3) is 27.8 Å². The van der Waals surface area contributed by atoms with Gasteiger partial charge in [0, 0.05) is 16.8 Å². The Balaban J connectivity index is 1.89. The first kappa shape index (κ1) is 18.8. The van der Waals surface area contributed by atoms with Crippen molar-refractivity contribution < 1.29 is 8.78 Å². The Morgan fingerprint density at radius 2 is 1.76 bits per heavy atom. The molecule has 3 nitrogen and oxygen atoms in total. The van der Waals surface area contributed by atoms with Gasteiger partial charge in [-0.25, -0.2) is 13.8 Å². The molecule has 3 aromatic carbocycles. The molecule has 0 unspecified atom stereocenters. The molecule has 0 radical (unpaired) electrons. The van der Waals surface area contributed by atoms with Gasteiger partial charge in [-0.15, -0.1) is 0 Å². The van der Waals surface area contributed by atoms with Gasteiger partial charge in [0.1, 0.15) is 18.0 Å². The minimum Gasteiger partial charge on any atom is -0.299 e. The van der Waals surface area contributed by atoms with Crippen LogP contribution in [0, 0.1) is 23.0 Å². The predicted molar refractivity (Wildman–Crippen MR) is 110 cm³/mol. The number of nitriles is 1. The fourth-order valence-corrected chi connectivity index (χ4v) is 3.43. The summed E-state index contributed by atoms with van der Waals surface area (Å²) in [6.07, 6.45) is 1.67. The van der Waals surface area contributed by atoms with E-state index in [2.05, 4.69) is 31.8 Å². The normalized spacial score (nSPS) is 11.6. The van der Waals surface area contributed by atoms with Gasteiger partial charge in [0.2, 0.25) is 0 Å². The molecule has 1 heterocycles. The number of fused-ring (bicyclic) bond motifs is 1. The SMILES string of the molecule is CC(C)(C)c1ccc2c(c1)ncn2-c1ccc(F)c(-c2c(F)cccc2C#N)c1. The Hall–Kier alpha value is -3.52. The highest BCUT2D eigenvalue weighted by Crippen LogP contribution is 2.32. The van der Waals surface area contributed by atoms with Crippen molar-refractivity contribution in [2.24, 2.45) is 0 Å². The Labute approximate surface area is 167 Å². The molecule has 0 bridgehead atoms. The predicted octanol–water partition coefficient (Wildman–Crippen LogP) is 6.14. The second kappa shape index (κ2) is 6.82. The van der Waals surface area contributed by atoms with Crippen LogP contribution in [0.3, 0.4) is 0 Å². The molecule has 4 rings (SSSR count). The molecular formula is C24H19F2N3. The Kier molecular flexibility index (Phi) is 4.43. The van der Waals surface area contributed by atoms with Crippen molar-refractivity contribution in [2.75, 3.05) is 0 Å². The molecule has 0 saturated carbocycles. The van der Waals surface area contributed by atoms with Gasteiger partial charge in [-0.05, 0) is 53.4 Å². The average Bonchev–Trinajstić information content (AvgIpc) is 3.11. The molecule has 0 fully saturated rings. The van der Waals surface area contributed by atoms with E-state index in [0.717, 1.165) is 11.0 Å². The molecular weight excluding hydrogens is 368 g/mol. The fourth-order valence-electron chi connectivity index (χ4n) is 3.43. The highest BCUT2D eigenvalue weighted by Gasteiger charge is 2.18. The maximum Gasteiger partial charge on any atom is 0.132 e. The second-order valence-corrected chi connectivity index (χ2v) is 8.01. The van der Waals surface area contributed by atoms with Crippen molar-refractivity contribution in [3.8, 4) is 22.9 Å². The van der Waals surface area contributed by atoms with Gasteiger partial charge < -0.3 is 0 Å². The summed E-state index contributed by atoms with van der Waals surface area (Å²) in [6, 6.07) is 16.6. The summed E-state index contributed by atoms with van der Waals surface area (Å²) >= 11 is 0. The van der Waals surface area contributed by atoms with Crippen LogP contribution in [0.15, 0.2) is 60.9 Å². The van der Waals surface area contributed by atoms with Crippen molar-refractivity contribution in [1.29, 1.82) is 5.26 Å². The largest absolute Gasteiger partial charge is 0.299 e. The minimum absolute atomic E-state index is 0.000450. The number of halogens is 2. The zero-order valence-electron chi connectivity index (χ0n) is 16.4. The third-order valence-electron chi connectivity index (χ3n) is 5.04. The quantitative estimate of drug-likeness (QED) is 0.414. The lowest BCUT2D eigenvalue weighted by molar-refractivity contribution is 0.591. The summed E-state index contributed by atoms with van der Waals surface area (Å²) in [4.78, 5) is 4.49. The van der Waals surface area contributed by atoms with Gasteiger partial charge in [-0.1, -0.05) is 32.9 Å². The van der Waals surface area contributed by atoms with E-state index in [1.807, 2.05) is 22.8 Å². The molecule has 0 aliphatic rings. The molecule has 5 heteroatoms. The molecule has 0 atom stereocenters. The van der Waals surface area contributed by atoms with Crippen molar-refractivity contribution in [2.45, 2.75) is 26.2 Å². The minimum atomic E-state index is -0.634. The summed E-state index contributed by atoms with van der Waals surface area (Å²) in [5, 5.41) is 9.33. The van der Waals surface area contributed by atoms with Gasteiger partial charge >= 0.3 is 0 Å². The van der Waals surface area contributed by atoms with Gasteiger partial charge in [0.15, 0.2) is 0 Å². The van der Waals surface area contributed by atoms with Crippen LogP contribution in [-0.4, -0.2) is 9.55 Å². The summed E-state index contributed by atoms with van der Waals surface area (Å²) in [5.41, 5.74) is 3.60. The van der Waals surface area contributed by atoms with Crippen LogP contribution in [0.5, 0.6) is 0 Å². The van der Waals surface area contributed by atoms with Crippen molar-refractivity contribution in [3.63, 3.8) is 0 Å². The standard InChI is InChI=1S/C24H19F2N3/c1-24(2,3)16-7-10-22-21(11-16)28-14-29(22)17-8-9-19(25)18(12-17)23-15(13-27)5-4-6-20(23)26/h4-12,14H,1-3H3. The van der Waals surface area contributed by atoms with E-state index in [-0.39, 0.29) is 22.1 Å². The van der Waals surface area contributed by atoms with E-state index in [1.54, 1.807) is 18.5 Å². The first-order valence-electron chi connectivity index (χ1n) is 9.26. The summed E-state index contributed by atoms with van der Waals surface area (Å²) < 4.78 is 30.9. The van der Waals surface area contributed by atoms with Crippen LogP contribution < -0.4 is 0 Å². The third-order valence-corrected chi connectivity index (χ3v) is 5.04. The highest BCUT2D eigenvalue weighted by molar-refractivity contribution is 5.80. The Bertz CT molecular complexity index is 1270. The van der Waals surface area contributed by atoms with Crippen molar-refractivity contribution in [3.05, 3.63) is 83.7 Å². The maximum atomic E-state index is 14.6.